The first-order valence-electron chi connectivity index (χ1n) is 7.16. The van der Waals surface area contributed by atoms with Crippen molar-refractivity contribution in [2.24, 2.45) is 5.73 Å². The van der Waals surface area contributed by atoms with Gasteiger partial charge in [-0.25, -0.2) is 0 Å². The summed E-state index contributed by atoms with van der Waals surface area (Å²) in [6, 6.07) is 8.33. The topological polar surface area (TPSA) is 35.2 Å². The number of benzene rings is 1. The van der Waals surface area contributed by atoms with E-state index in [9.17, 15) is 0 Å². The maximum absolute atomic E-state index is 5.91. The molecule has 0 radical (unpaired) electrons. The summed E-state index contributed by atoms with van der Waals surface area (Å²) in [5.74, 6) is 0. The van der Waals surface area contributed by atoms with E-state index < -0.39 is 0 Å². The molecule has 0 heterocycles. The predicted octanol–water partition coefficient (Wildman–Crippen LogP) is 3.98. The molecule has 0 bridgehead atoms. The third kappa shape index (κ3) is 5.19. The number of hydrogen-bond donors (Lipinski definition) is 1. The summed E-state index contributed by atoms with van der Waals surface area (Å²) in [4.78, 5) is 0. The van der Waals surface area contributed by atoms with E-state index in [1.54, 1.807) is 0 Å². The average molecular weight is 249 g/mol. The zero-order valence-electron chi connectivity index (χ0n) is 11.8. The molecular formula is C16H27NO. The van der Waals surface area contributed by atoms with Crippen LogP contribution >= 0.6 is 0 Å². The van der Waals surface area contributed by atoms with Crippen molar-refractivity contribution in [3.05, 3.63) is 35.4 Å². The molecule has 0 spiro atoms. The van der Waals surface area contributed by atoms with Gasteiger partial charge in [0.2, 0.25) is 0 Å². The molecule has 2 heteroatoms. The van der Waals surface area contributed by atoms with Gasteiger partial charge in [-0.3, -0.25) is 0 Å². The van der Waals surface area contributed by atoms with Crippen molar-refractivity contribution in [2.75, 3.05) is 13.2 Å². The number of ether oxygens (including phenoxy) is 1. The van der Waals surface area contributed by atoms with E-state index in [4.69, 9.17) is 10.5 Å². The molecule has 102 valence electrons. The summed E-state index contributed by atoms with van der Waals surface area (Å²) in [7, 11) is 0. The Morgan fingerprint density at radius 3 is 2.50 bits per heavy atom. The zero-order valence-corrected chi connectivity index (χ0v) is 11.8. The van der Waals surface area contributed by atoms with Gasteiger partial charge in [0.15, 0.2) is 0 Å². The summed E-state index contributed by atoms with van der Waals surface area (Å²) in [5.41, 5.74) is 8.30. The monoisotopic (exact) mass is 249 g/mol. The molecule has 1 aromatic carbocycles. The molecule has 0 saturated carbocycles. The number of hydrogen-bond acceptors (Lipinski definition) is 2. The van der Waals surface area contributed by atoms with Crippen LogP contribution in [0.3, 0.4) is 0 Å². The van der Waals surface area contributed by atoms with E-state index in [1.807, 2.05) is 0 Å². The van der Waals surface area contributed by atoms with Gasteiger partial charge in [-0.2, -0.15) is 0 Å². The first-order chi connectivity index (χ1) is 8.79. The van der Waals surface area contributed by atoms with Gasteiger partial charge in [-0.05, 0) is 24.5 Å². The van der Waals surface area contributed by atoms with E-state index in [0.717, 1.165) is 13.0 Å². The molecule has 0 aromatic heterocycles. The molecule has 0 aliphatic carbocycles. The highest BCUT2D eigenvalue weighted by Gasteiger charge is 2.11. The quantitative estimate of drug-likeness (QED) is 0.672. The van der Waals surface area contributed by atoms with Crippen molar-refractivity contribution < 1.29 is 4.74 Å². The number of rotatable bonds is 9. The van der Waals surface area contributed by atoms with Crippen LogP contribution in [0.1, 0.15) is 56.3 Å². The SMILES string of the molecule is CCCCCCCOC(CN)c1ccccc1C. The van der Waals surface area contributed by atoms with Crippen molar-refractivity contribution in [2.45, 2.75) is 52.1 Å². The van der Waals surface area contributed by atoms with Crippen LogP contribution in [0, 0.1) is 6.92 Å². The van der Waals surface area contributed by atoms with Gasteiger partial charge in [0.1, 0.15) is 0 Å². The van der Waals surface area contributed by atoms with Gasteiger partial charge >= 0.3 is 0 Å². The van der Waals surface area contributed by atoms with E-state index in [0.29, 0.717) is 6.54 Å². The molecule has 1 atom stereocenters. The Bertz CT molecular complexity index is 325. The van der Waals surface area contributed by atoms with Crippen LogP contribution in [0.4, 0.5) is 0 Å². The molecule has 1 unspecified atom stereocenters. The fraction of sp³-hybridized carbons (Fsp3) is 0.625. The highest BCUT2D eigenvalue weighted by atomic mass is 16.5. The largest absolute Gasteiger partial charge is 0.372 e. The molecule has 0 aliphatic rings. The first kappa shape index (κ1) is 15.2. The zero-order chi connectivity index (χ0) is 13.2. The van der Waals surface area contributed by atoms with Gasteiger partial charge in [-0.15, -0.1) is 0 Å². The normalized spacial score (nSPS) is 12.6. The minimum atomic E-state index is 0.0531. The van der Waals surface area contributed by atoms with E-state index >= 15 is 0 Å². The van der Waals surface area contributed by atoms with Crippen molar-refractivity contribution in [3.8, 4) is 0 Å². The lowest BCUT2D eigenvalue weighted by molar-refractivity contribution is 0.0554. The summed E-state index contributed by atoms with van der Waals surface area (Å²) >= 11 is 0. The second kappa shape index (κ2) is 9.12. The summed E-state index contributed by atoms with van der Waals surface area (Å²) in [5, 5.41) is 0. The lowest BCUT2D eigenvalue weighted by Crippen LogP contribution is -2.17. The molecule has 18 heavy (non-hydrogen) atoms. The minimum absolute atomic E-state index is 0.0531. The lowest BCUT2D eigenvalue weighted by atomic mass is 10.0. The summed E-state index contributed by atoms with van der Waals surface area (Å²) < 4.78 is 5.91. The van der Waals surface area contributed by atoms with Gasteiger partial charge in [0.25, 0.3) is 0 Å². The smallest absolute Gasteiger partial charge is 0.0949 e. The van der Waals surface area contributed by atoms with Crippen molar-refractivity contribution >= 4 is 0 Å². The number of aryl methyl sites for hydroxylation is 1. The van der Waals surface area contributed by atoms with Crippen LogP contribution in [0.25, 0.3) is 0 Å². The second-order valence-electron chi connectivity index (χ2n) is 4.87. The van der Waals surface area contributed by atoms with Gasteiger partial charge in [-0.1, -0.05) is 56.9 Å². The number of nitrogens with two attached hydrogens (primary N) is 1. The first-order valence-corrected chi connectivity index (χ1v) is 7.16. The Kier molecular flexibility index (Phi) is 7.70. The maximum atomic E-state index is 5.91. The molecule has 1 aromatic rings. The van der Waals surface area contributed by atoms with Gasteiger partial charge < -0.3 is 10.5 Å². The Morgan fingerprint density at radius 1 is 1.11 bits per heavy atom. The van der Waals surface area contributed by atoms with Crippen LogP contribution in [-0.2, 0) is 4.74 Å². The summed E-state index contributed by atoms with van der Waals surface area (Å²) in [6.45, 7) is 5.72. The van der Waals surface area contributed by atoms with Crippen LogP contribution in [-0.4, -0.2) is 13.2 Å². The molecular weight excluding hydrogens is 222 g/mol. The molecule has 2 N–H and O–H groups in total. The van der Waals surface area contributed by atoms with E-state index in [2.05, 4.69) is 38.1 Å². The van der Waals surface area contributed by atoms with Gasteiger partial charge in [0.05, 0.1) is 6.10 Å². The minimum Gasteiger partial charge on any atom is -0.372 e. The molecule has 1 rings (SSSR count). The average Bonchev–Trinajstić information content (AvgIpc) is 2.39. The lowest BCUT2D eigenvalue weighted by Gasteiger charge is -2.18. The highest BCUT2D eigenvalue weighted by Crippen LogP contribution is 2.20. The molecule has 0 fully saturated rings. The van der Waals surface area contributed by atoms with E-state index in [-0.39, 0.29) is 6.10 Å². The van der Waals surface area contributed by atoms with Crippen molar-refractivity contribution in [1.82, 2.24) is 0 Å². The Balaban J connectivity index is 2.32. The standard InChI is InChI=1S/C16H27NO/c1-3-4-5-6-9-12-18-16(13-17)15-11-8-7-10-14(15)2/h7-8,10-11,16H,3-6,9,12-13,17H2,1-2H3. The Labute approximate surface area is 112 Å². The summed E-state index contributed by atoms with van der Waals surface area (Å²) in [6.07, 6.45) is 6.39. The maximum Gasteiger partial charge on any atom is 0.0949 e. The van der Waals surface area contributed by atoms with Crippen molar-refractivity contribution in [1.29, 1.82) is 0 Å². The second-order valence-corrected chi connectivity index (χ2v) is 4.87. The van der Waals surface area contributed by atoms with Crippen LogP contribution in [0.5, 0.6) is 0 Å². The highest BCUT2D eigenvalue weighted by molar-refractivity contribution is 5.27. The Hall–Kier alpha value is -0.860. The molecule has 0 aliphatic heterocycles. The molecule has 0 amide bonds. The van der Waals surface area contributed by atoms with Crippen molar-refractivity contribution in [3.63, 3.8) is 0 Å². The molecule has 2 nitrogen and oxygen atoms in total. The third-order valence-electron chi connectivity index (χ3n) is 3.32. The van der Waals surface area contributed by atoms with Crippen LogP contribution in [0.2, 0.25) is 0 Å². The van der Waals surface area contributed by atoms with Crippen LogP contribution in [0.15, 0.2) is 24.3 Å². The fourth-order valence-electron chi connectivity index (χ4n) is 2.16. The van der Waals surface area contributed by atoms with E-state index in [1.165, 1.54) is 36.8 Å². The molecule has 0 saturated heterocycles. The number of unbranched alkanes of at least 4 members (excludes halogenated alkanes) is 4. The van der Waals surface area contributed by atoms with Gasteiger partial charge in [0, 0.05) is 13.2 Å². The predicted molar refractivity (Wildman–Crippen MR) is 77.7 cm³/mol. The third-order valence-corrected chi connectivity index (χ3v) is 3.32. The Morgan fingerprint density at radius 2 is 1.83 bits per heavy atom. The fourth-order valence-corrected chi connectivity index (χ4v) is 2.16. The van der Waals surface area contributed by atoms with Crippen LogP contribution < -0.4 is 5.73 Å².